The van der Waals surface area contributed by atoms with E-state index in [0.717, 1.165) is 16.7 Å². The maximum Gasteiger partial charge on any atom is 0.254 e. The van der Waals surface area contributed by atoms with Crippen molar-refractivity contribution in [3.63, 3.8) is 0 Å². The number of hydrogen-bond acceptors (Lipinski definition) is 2. The third kappa shape index (κ3) is 4.70. The Hall–Kier alpha value is -2.20. The van der Waals surface area contributed by atoms with E-state index in [9.17, 15) is 14.3 Å². The van der Waals surface area contributed by atoms with Crippen molar-refractivity contribution in [2.45, 2.75) is 46.6 Å². The van der Waals surface area contributed by atoms with Gasteiger partial charge in [0.05, 0.1) is 5.60 Å². The van der Waals surface area contributed by atoms with E-state index in [1.807, 2.05) is 39.0 Å². The van der Waals surface area contributed by atoms with Crippen molar-refractivity contribution in [1.82, 2.24) is 4.90 Å². The molecule has 2 aromatic carbocycles. The third-order valence-electron chi connectivity index (χ3n) is 4.49. The van der Waals surface area contributed by atoms with Crippen LogP contribution in [0.3, 0.4) is 0 Å². The molecule has 0 aliphatic heterocycles. The van der Waals surface area contributed by atoms with Crippen molar-refractivity contribution >= 4 is 5.91 Å². The van der Waals surface area contributed by atoms with Gasteiger partial charge in [0.2, 0.25) is 0 Å². The predicted molar refractivity (Wildman–Crippen MR) is 104 cm³/mol. The lowest BCUT2D eigenvalue weighted by atomic mass is 9.90. The SMILES string of the molecule is CCN(CC)C(=O)c1ccc(F)cc1-c1cc(CC(C)(C)O)ccc1C. The molecule has 0 spiro atoms. The largest absolute Gasteiger partial charge is 0.390 e. The molecule has 26 heavy (non-hydrogen) atoms. The lowest BCUT2D eigenvalue weighted by Crippen LogP contribution is -2.30. The lowest BCUT2D eigenvalue weighted by molar-refractivity contribution is 0.0772. The van der Waals surface area contributed by atoms with Gasteiger partial charge in [0, 0.05) is 25.1 Å². The van der Waals surface area contributed by atoms with Gasteiger partial charge in [-0.15, -0.1) is 0 Å². The minimum Gasteiger partial charge on any atom is -0.390 e. The van der Waals surface area contributed by atoms with E-state index in [1.165, 1.54) is 12.1 Å². The van der Waals surface area contributed by atoms with Crippen molar-refractivity contribution in [3.8, 4) is 11.1 Å². The van der Waals surface area contributed by atoms with E-state index >= 15 is 0 Å². The second-order valence-electron chi connectivity index (χ2n) is 7.31. The summed E-state index contributed by atoms with van der Waals surface area (Å²) in [5.41, 5.74) is 2.98. The van der Waals surface area contributed by atoms with E-state index in [-0.39, 0.29) is 11.7 Å². The number of hydrogen-bond donors (Lipinski definition) is 1. The molecule has 2 rings (SSSR count). The van der Waals surface area contributed by atoms with E-state index in [4.69, 9.17) is 0 Å². The smallest absolute Gasteiger partial charge is 0.254 e. The van der Waals surface area contributed by atoms with E-state index in [2.05, 4.69) is 0 Å². The summed E-state index contributed by atoms with van der Waals surface area (Å²) in [4.78, 5) is 14.6. The van der Waals surface area contributed by atoms with Gasteiger partial charge < -0.3 is 10.0 Å². The summed E-state index contributed by atoms with van der Waals surface area (Å²) >= 11 is 0. The molecule has 0 aromatic heterocycles. The Labute approximate surface area is 155 Å². The highest BCUT2D eigenvalue weighted by Crippen LogP contribution is 2.30. The number of rotatable bonds is 6. The highest BCUT2D eigenvalue weighted by atomic mass is 19.1. The molecular weight excluding hydrogens is 329 g/mol. The third-order valence-corrected chi connectivity index (χ3v) is 4.49. The van der Waals surface area contributed by atoms with Crippen molar-refractivity contribution in [3.05, 3.63) is 58.9 Å². The zero-order valence-corrected chi connectivity index (χ0v) is 16.3. The van der Waals surface area contributed by atoms with Gasteiger partial charge in [-0.2, -0.15) is 0 Å². The fourth-order valence-corrected chi connectivity index (χ4v) is 3.18. The van der Waals surface area contributed by atoms with Gasteiger partial charge >= 0.3 is 0 Å². The number of carbonyl (C=O) groups is 1. The average Bonchev–Trinajstić information content (AvgIpc) is 2.56. The zero-order chi connectivity index (χ0) is 19.5. The summed E-state index contributed by atoms with van der Waals surface area (Å²) in [5, 5.41) is 10.1. The quantitative estimate of drug-likeness (QED) is 0.821. The minimum atomic E-state index is -0.839. The number of aliphatic hydroxyl groups is 1. The number of carbonyl (C=O) groups excluding carboxylic acids is 1. The Morgan fingerprint density at radius 2 is 1.73 bits per heavy atom. The summed E-state index contributed by atoms with van der Waals surface area (Å²) in [6.45, 7) is 10.5. The highest BCUT2D eigenvalue weighted by molar-refractivity contribution is 6.01. The maximum atomic E-state index is 14.0. The number of benzene rings is 2. The first kappa shape index (κ1) is 20.1. The van der Waals surface area contributed by atoms with Crippen molar-refractivity contribution in [2.24, 2.45) is 0 Å². The second-order valence-corrected chi connectivity index (χ2v) is 7.31. The summed E-state index contributed by atoms with van der Waals surface area (Å²) in [6, 6.07) is 10.2. The van der Waals surface area contributed by atoms with Crippen LogP contribution in [0.15, 0.2) is 36.4 Å². The second kappa shape index (κ2) is 8.00. The van der Waals surface area contributed by atoms with Gasteiger partial charge in [0.1, 0.15) is 5.82 Å². The molecule has 0 bridgehead atoms. The molecule has 4 heteroatoms. The van der Waals surface area contributed by atoms with Crippen LogP contribution >= 0.6 is 0 Å². The zero-order valence-electron chi connectivity index (χ0n) is 16.3. The number of halogens is 1. The summed E-state index contributed by atoms with van der Waals surface area (Å²) in [6.07, 6.45) is 0.481. The van der Waals surface area contributed by atoms with Crippen LogP contribution in [0.5, 0.6) is 0 Å². The molecule has 1 N–H and O–H groups in total. The topological polar surface area (TPSA) is 40.5 Å². The van der Waals surface area contributed by atoms with Crippen LogP contribution in [-0.4, -0.2) is 34.6 Å². The molecule has 0 aliphatic carbocycles. The molecule has 0 aliphatic rings. The van der Waals surface area contributed by atoms with Gasteiger partial charge in [0.25, 0.3) is 5.91 Å². The molecule has 0 unspecified atom stereocenters. The maximum absolute atomic E-state index is 14.0. The van der Waals surface area contributed by atoms with E-state index in [0.29, 0.717) is 30.6 Å². The molecule has 2 aromatic rings. The molecule has 0 fully saturated rings. The standard InChI is InChI=1S/C22H28FNO2/c1-6-24(7-2)21(25)18-11-10-17(23)13-20(18)19-12-16(9-8-15(19)3)14-22(4,5)26/h8-13,26H,6-7,14H2,1-5H3. The molecular formula is C22H28FNO2. The Kier molecular flexibility index (Phi) is 6.19. The molecule has 0 saturated heterocycles. The van der Waals surface area contributed by atoms with Gasteiger partial charge in [0.15, 0.2) is 0 Å². The van der Waals surface area contributed by atoms with Crippen LogP contribution in [0.25, 0.3) is 11.1 Å². The fourth-order valence-electron chi connectivity index (χ4n) is 3.18. The molecule has 3 nitrogen and oxygen atoms in total. The number of aryl methyl sites for hydroxylation is 1. The van der Waals surface area contributed by atoms with E-state index in [1.54, 1.807) is 24.8 Å². The highest BCUT2D eigenvalue weighted by Gasteiger charge is 2.20. The predicted octanol–water partition coefficient (Wildman–Crippen LogP) is 4.60. The Morgan fingerprint density at radius 1 is 1.08 bits per heavy atom. The average molecular weight is 357 g/mol. The number of nitrogens with zero attached hydrogens (tertiary/aromatic N) is 1. The first-order valence-electron chi connectivity index (χ1n) is 9.07. The summed E-state index contributed by atoms with van der Waals surface area (Å²) in [5.74, 6) is -0.472. The van der Waals surface area contributed by atoms with E-state index < -0.39 is 5.60 Å². The van der Waals surface area contributed by atoms with Gasteiger partial charge in [-0.05, 0) is 75.1 Å². The van der Waals surface area contributed by atoms with Crippen LogP contribution in [0, 0.1) is 12.7 Å². The molecule has 0 radical (unpaired) electrons. The molecule has 1 amide bonds. The fraction of sp³-hybridized carbons (Fsp3) is 0.409. The lowest BCUT2D eigenvalue weighted by Gasteiger charge is -2.22. The monoisotopic (exact) mass is 357 g/mol. The molecule has 140 valence electrons. The summed E-state index contributed by atoms with van der Waals surface area (Å²) in [7, 11) is 0. The number of amides is 1. The van der Waals surface area contributed by atoms with Gasteiger partial charge in [-0.3, -0.25) is 4.79 Å². The Morgan fingerprint density at radius 3 is 2.31 bits per heavy atom. The van der Waals surface area contributed by atoms with Crippen LogP contribution in [0.4, 0.5) is 4.39 Å². The van der Waals surface area contributed by atoms with Crippen LogP contribution < -0.4 is 0 Å². The first-order chi connectivity index (χ1) is 12.2. The van der Waals surface area contributed by atoms with Crippen LogP contribution in [-0.2, 0) is 6.42 Å². The Balaban J connectivity index is 2.59. The van der Waals surface area contributed by atoms with Gasteiger partial charge in [-0.1, -0.05) is 18.2 Å². The van der Waals surface area contributed by atoms with Gasteiger partial charge in [-0.25, -0.2) is 4.39 Å². The van der Waals surface area contributed by atoms with Crippen molar-refractivity contribution in [1.29, 1.82) is 0 Å². The van der Waals surface area contributed by atoms with Crippen LogP contribution in [0.2, 0.25) is 0 Å². The van der Waals surface area contributed by atoms with Crippen molar-refractivity contribution < 1.29 is 14.3 Å². The van der Waals surface area contributed by atoms with Crippen molar-refractivity contribution in [2.75, 3.05) is 13.1 Å². The van der Waals surface area contributed by atoms with Crippen LogP contribution in [0.1, 0.15) is 49.2 Å². The first-order valence-corrected chi connectivity index (χ1v) is 9.07. The molecule has 0 atom stereocenters. The normalized spacial score (nSPS) is 11.5. The molecule has 0 heterocycles. The summed E-state index contributed by atoms with van der Waals surface area (Å²) < 4.78 is 14.0. The Bertz CT molecular complexity index is 789. The molecule has 0 saturated carbocycles. The minimum absolute atomic E-state index is 0.0997.